The van der Waals surface area contributed by atoms with Crippen LogP contribution in [0.2, 0.25) is 0 Å². The molecule has 0 spiro atoms. The monoisotopic (exact) mass is 375 g/mol. The van der Waals surface area contributed by atoms with Gasteiger partial charge in [-0.1, -0.05) is 0 Å². The summed E-state index contributed by atoms with van der Waals surface area (Å²) in [7, 11) is 3.58. The van der Waals surface area contributed by atoms with E-state index in [-0.39, 0.29) is 6.04 Å². The minimum Gasteiger partial charge on any atom is -0.481 e. The standard InChI is InChI=1S/C12H14IN3OS/c1-14-10(8-3-11(13)18-6-8)4-9-5-12(17-2)16-7-15-9/h3,5-7,10,14H,4H2,1-2H3. The zero-order valence-corrected chi connectivity index (χ0v) is 13.2. The molecule has 0 bridgehead atoms. The average molecular weight is 375 g/mol. The molecule has 1 atom stereocenters. The zero-order chi connectivity index (χ0) is 13.0. The summed E-state index contributed by atoms with van der Waals surface area (Å²) < 4.78 is 6.40. The van der Waals surface area contributed by atoms with Gasteiger partial charge in [0.15, 0.2) is 0 Å². The summed E-state index contributed by atoms with van der Waals surface area (Å²) in [6, 6.07) is 4.34. The number of nitrogens with zero attached hydrogens (tertiary/aromatic N) is 2. The molecular weight excluding hydrogens is 361 g/mol. The highest BCUT2D eigenvalue weighted by Crippen LogP contribution is 2.24. The van der Waals surface area contributed by atoms with Crippen LogP contribution in [0.25, 0.3) is 0 Å². The van der Waals surface area contributed by atoms with Gasteiger partial charge in [-0.2, -0.15) is 0 Å². The number of ether oxygens (including phenoxy) is 1. The van der Waals surface area contributed by atoms with E-state index < -0.39 is 0 Å². The Labute approximate surface area is 124 Å². The van der Waals surface area contributed by atoms with Crippen molar-refractivity contribution in [2.75, 3.05) is 14.2 Å². The van der Waals surface area contributed by atoms with Gasteiger partial charge in [-0.15, -0.1) is 11.3 Å². The predicted octanol–water partition coefficient (Wildman–Crippen LogP) is 2.65. The van der Waals surface area contributed by atoms with Gasteiger partial charge >= 0.3 is 0 Å². The molecule has 0 aliphatic heterocycles. The molecule has 96 valence electrons. The number of aromatic nitrogens is 2. The van der Waals surface area contributed by atoms with Crippen LogP contribution in [0.5, 0.6) is 5.88 Å². The number of likely N-dealkylation sites (N-methyl/N-ethyl adjacent to an activating group) is 1. The minimum absolute atomic E-state index is 0.268. The highest BCUT2D eigenvalue weighted by atomic mass is 127. The largest absolute Gasteiger partial charge is 0.481 e. The van der Waals surface area contributed by atoms with Crippen LogP contribution in [0.4, 0.5) is 0 Å². The molecule has 0 aliphatic rings. The predicted molar refractivity (Wildman–Crippen MR) is 81.1 cm³/mol. The number of rotatable bonds is 5. The molecule has 1 N–H and O–H groups in total. The van der Waals surface area contributed by atoms with Crippen LogP contribution in [-0.4, -0.2) is 24.1 Å². The second kappa shape index (κ2) is 6.44. The molecule has 2 rings (SSSR count). The summed E-state index contributed by atoms with van der Waals surface area (Å²) in [5, 5.41) is 5.50. The van der Waals surface area contributed by atoms with Crippen LogP contribution in [0.3, 0.4) is 0 Å². The van der Waals surface area contributed by atoms with Gasteiger partial charge in [0.1, 0.15) is 6.33 Å². The van der Waals surface area contributed by atoms with E-state index in [0.717, 1.165) is 12.1 Å². The topological polar surface area (TPSA) is 47.0 Å². The lowest BCUT2D eigenvalue weighted by Gasteiger charge is -2.14. The fourth-order valence-corrected chi connectivity index (χ4v) is 3.13. The van der Waals surface area contributed by atoms with Crippen molar-refractivity contribution < 1.29 is 4.74 Å². The number of halogens is 1. The maximum Gasteiger partial charge on any atom is 0.216 e. The Morgan fingerprint density at radius 3 is 2.89 bits per heavy atom. The summed E-state index contributed by atoms with van der Waals surface area (Å²) in [6.07, 6.45) is 2.36. The highest BCUT2D eigenvalue weighted by Gasteiger charge is 2.13. The van der Waals surface area contributed by atoms with Crippen LogP contribution < -0.4 is 10.1 Å². The number of methoxy groups -OCH3 is 1. The smallest absolute Gasteiger partial charge is 0.216 e. The molecule has 0 amide bonds. The molecule has 0 saturated heterocycles. The van der Waals surface area contributed by atoms with Crippen molar-refractivity contribution in [1.29, 1.82) is 0 Å². The Morgan fingerprint density at radius 2 is 2.28 bits per heavy atom. The van der Waals surface area contributed by atoms with Gasteiger partial charge in [0.2, 0.25) is 5.88 Å². The first-order valence-electron chi connectivity index (χ1n) is 5.49. The van der Waals surface area contributed by atoms with Crippen molar-refractivity contribution in [3.63, 3.8) is 0 Å². The van der Waals surface area contributed by atoms with E-state index in [4.69, 9.17) is 4.74 Å². The summed E-state index contributed by atoms with van der Waals surface area (Å²) in [5.41, 5.74) is 2.27. The summed E-state index contributed by atoms with van der Waals surface area (Å²) in [5.74, 6) is 0.606. The quantitative estimate of drug-likeness (QED) is 0.817. The van der Waals surface area contributed by atoms with Gasteiger partial charge in [-0.3, -0.25) is 0 Å². The lowest BCUT2D eigenvalue weighted by atomic mass is 10.1. The summed E-state index contributed by atoms with van der Waals surface area (Å²) in [6.45, 7) is 0. The summed E-state index contributed by atoms with van der Waals surface area (Å²) in [4.78, 5) is 8.29. The SMILES string of the molecule is CNC(Cc1cc(OC)ncn1)c1csc(I)c1. The molecule has 6 heteroatoms. The van der Waals surface area contributed by atoms with E-state index in [1.54, 1.807) is 18.4 Å². The lowest BCUT2D eigenvalue weighted by Crippen LogP contribution is -2.18. The van der Waals surface area contributed by atoms with Crippen molar-refractivity contribution in [3.8, 4) is 5.88 Å². The normalized spacial score (nSPS) is 12.4. The number of hydrogen-bond donors (Lipinski definition) is 1. The van der Waals surface area contributed by atoms with Gasteiger partial charge in [0.25, 0.3) is 0 Å². The number of nitrogens with one attached hydrogen (secondary N) is 1. The van der Waals surface area contributed by atoms with Crippen molar-refractivity contribution in [1.82, 2.24) is 15.3 Å². The molecule has 0 aromatic carbocycles. The van der Waals surface area contributed by atoms with Crippen LogP contribution in [0, 0.1) is 2.88 Å². The fourth-order valence-electron chi connectivity index (χ4n) is 1.70. The molecule has 2 heterocycles. The van der Waals surface area contributed by atoms with Gasteiger partial charge in [0.05, 0.1) is 9.99 Å². The first kappa shape index (κ1) is 13.7. The maximum absolute atomic E-state index is 5.11. The Hall–Kier alpha value is -0.730. The summed E-state index contributed by atoms with van der Waals surface area (Å²) >= 11 is 4.09. The Morgan fingerprint density at radius 1 is 1.44 bits per heavy atom. The Bertz CT molecular complexity index is 518. The number of hydrogen-bond acceptors (Lipinski definition) is 5. The van der Waals surface area contributed by atoms with Gasteiger partial charge in [-0.05, 0) is 46.6 Å². The molecule has 2 aromatic heterocycles. The second-order valence-electron chi connectivity index (χ2n) is 3.78. The van der Waals surface area contributed by atoms with Crippen LogP contribution in [-0.2, 0) is 6.42 Å². The molecule has 4 nitrogen and oxygen atoms in total. The lowest BCUT2D eigenvalue weighted by molar-refractivity contribution is 0.395. The minimum atomic E-state index is 0.268. The van der Waals surface area contributed by atoms with Crippen molar-refractivity contribution in [3.05, 3.63) is 38.0 Å². The van der Waals surface area contributed by atoms with Gasteiger partial charge in [-0.25, -0.2) is 9.97 Å². The highest BCUT2D eigenvalue weighted by molar-refractivity contribution is 14.1. The van der Waals surface area contributed by atoms with E-state index in [1.807, 2.05) is 13.1 Å². The van der Waals surface area contributed by atoms with E-state index in [0.29, 0.717) is 5.88 Å². The van der Waals surface area contributed by atoms with E-state index in [1.165, 1.54) is 14.8 Å². The maximum atomic E-state index is 5.11. The molecule has 0 radical (unpaired) electrons. The van der Waals surface area contributed by atoms with Crippen LogP contribution >= 0.6 is 33.9 Å². The molecule has 0 saturated carbocycles. The van der Waals surface area contributed by atoms with Gasteiger partial charge < -0.3 is 10.1 Å². The number of thiophene rings is 1. The second-order valence-corrected chi connectivity index (χ2v) is 6.59. The Balaban J connectivity index is 2.14. The third kappa shape index (κ3) is 3.39. The fraction of sp³-hybridized carbons (Fsp3) is 0.333. The first-order chi connectivity index (χ1) is 8.72. The first-order valence-corrected chi connectivity index (χ1v) is 7.45. The van der Waals surface area contributed by atoms with E-state index in [2.05, 4.69) is 49.3 Å². The van der Waals surface area contributed by atoms with Crippen molar-refractivity contribution in [2.24, 2.45) is 0 Å². The van der Waals surface area contributed by atoms with Crippen LogP contribution in [0.15, 0.2) is 23.8 Å². The molecule has 0 aliphatic carbocycles. The van der Waals surface area contributed by atoms with E-state index >= 15 is 0 Å². The third-order valence-electron chi connectivity index (χ3n) is 2.66. The molecule has 2 aromatic rings. The molecular formula is C12H14IN3OS. The van der Waals surface area contributed by atoms with Crippen molar-refractivity contribution >= 4 is 33.9 Å². The molecule has 18 heavy (non-hydrogen) atoms. The average Bonchev–Trinajstić information content (AvgIpc) is 2.82. The van der Waals surface area contributed by atoms with Crippen molar-refractivity contribution in [2.45, 2.75) is 12.5 Å². The van der Waals surface area contributed by atoms with Crippen LogP contribution in [0.1, 0.15) is 17.3 Å². The van der Waals surface area contributed by atoms with E-state index in [9.17, 15) is 0 Å². The molecule has 0 fully saturated rings. The third-order valence-corrected chi connectivity index (χ3v) is 4.47. The molecule has 1 unspecified atom stereocenters. The Kier molecular flexibility index (Phi) is 4.90. The van der Waals surface area contributed by atoms with Gasteiger partial charge in [0, 0.05) is 24.2 Å². The zero-order valence-electron chi connectivity index (χ0n) is 10.2.